The molecule has 4 aromatic rings. The molecule has 314 valence electrons. The van der Waals surface area contributed by atoms with Crippen LogP contribution in [0.2, 0.25) is 0 Å². The van der Waals surface area contributed by atoms with Crippen molar-refractivity contribution in [1.82, 2.24) is 0 Å². The van der Waals surface area contributed by atoms with E-state index in [-0.39, 0.29) is 47.1 Å². The largest absolute Gasteiger partial charge is 0.507 e. The molecule has 0 saturated heterocycles. The van der Waals surface area contributed by atoms with E-state index in [0.29, 0.717) is 17.0 Å². The van der Waals surface area contributed by atoms with E-state index in [0.717, 1.165) is 23.8 Å². The Morgan fingerprint density at radius 1 is 0.717 bits per heavy atom. The van der Waals surface area contributed by atoms with Gasteiger partial charge in [-0.3, -0.25) is 4.79 Å². The van der Waals surface area contributed by atoms with E-state index in [1.165, 1.54) is 59.7 Å². The summed E-state index contributed by atoms with van der Waals surface area (Å²) in [6.45, 7) is 10.1. The third-order valence-corrected chi connectivity index (χ3v) is 10.8. The maximum absolute atomic E-state index is 14.0. The summed E-state index contributed by atoms with van der Waals surface area (Å²) < 4.78 is 29.5. The van der Waals surface area contributed by atoms with Gasteiger partial charge in [0.15, 0.2) is 23.0 Å². The number of ether oxygens (including phenoxy) is 5. The molecule has 14 nitrogen and oxygen atoms in total. The van der Waals surface area contributed by atoms with Crippen molar-refractivity contribution in [3.8, 4) is 34.5 Å². The fourth-order valence-corrected chi connectivity index (χ4v) is 7.75. The number of carbonyl (C=O) groups excluding carboxylic acids is 3. The van der Waals surface area contributed by atoms with Gasteiger partial charge in [-0.1, -0.05) is 52.0 Å². The van der Waals surface area contributed by atoms with E-state index in [2.05, 4.69) is 27.7 Å². The molecule has 60 heavy (non-hydrogen) atoms. The summed E-state index contributed by atoms with van der Waals surface area (Å²) in [6.07, 6.45) is 0.369. The Hall–Kier alpha value is -6.35. The number of hydrogen-bond donors (Lipinski definition) is 6. The van der Waals surface area contributed by atoms with Crippen LogP contribution in [0.4, 0.5) is 0 Å². The van der Waals surface area contributed by atoms with Gasteiger partial charge in [-0.2, -0.15) is 0 Å². The first-order chi connectivity index (χ1) is 28.4. The predicted molar refractivity (Wildman–Crippen MR) is 216 cm³/mol. The minimum Gasteiger partial charge on any atom is -0.507 e. The van der Waals surface area contributed by atoms with Gasteiger partial charge in [0.05, 0.1) is 6.10 Å². The number of phenolic OH excluding ortho intramolecular Hbond substituents is 3. The van der Waals surface area contributed by atoms with Gasteiger partial charge >= 0.3 is 23.5 Å². The fourth-order valence-electron chi connectivity index (χ4n) is 7.75. The second kappa shape index (κ2) is 16.0. The van der Waals surface area contributed by atoms with Crippen LogP contribution in [0.1, 0.15) is 96.1 Å². The van der Waals surface area contributed by atoms with Gasteiger partial charge in [-0.15, -0.1) is 0 Å². The number of ketones is 1. The molecular formula is C46H46O14. The minimum atomic E-state index is -2.96. The lowest BCUT2D eigenvalue weighted by atomic mass is 9.85. The molecule has 4 aromatic carbocycles. The predicted octanol–water partition coefficient (Wildman–Crippen LogP) is 6.01. The van der Waals surface area contributed by atoms with Gasteiger partial charge in [-0.05, 0) is 101 Å². The van der Waals surface area contributed by atoms with E-state index in [4.69, 9.17) is 23.7 Å². The van der Waals surface area contributed by atoms with Crippen molar-refractivity contribution >= 4 is 29.9 Å². The van der Waals surface area contributed by atoms with Crippen LogP contribution < -0.4 is 14.2 Å². The third kappa shape index (κ3) is 7.76. The molecule has 2 heterocycles. The number of aromatic hydroxyl groups is 3. The second-order valence-electron chi connectivity index (χ2n) is 15.9. The Morgan fingerprint density at radius 3 is 2.05 bits per heavy atom. The summed E-state index contributed by atoms with van der Waals surface area (Å²) in [5.74, 6) is -9.43. The molecule has 1 fully saturated rings. The molecule has 14 heteroatoms. The van der Waals surface area contributed by atoms with Crippen LogP contribution in [0.25, 0.3) is 12.2 Å². The summed E-state index contributed by atoms with van der Waals surface area (Å²) in [4.78, 5) is 39.9. The molecule has 1 saturated carbocycles. The lowest BCUT2D eigenvalue weighted by molar-refractivity contribution is -0.316. The molecule has 1 aliphatic carbocycles. The number of rotatable bonds is 9. The molecule has 0 radical (unpaired) electrons. The average Bonchev–Trinajstić information content (AvgIpc) is 3.18. The highest BCUT2D eigenvalue weighted by Crippen LogP contribution is 2.55. The Labute approximate surface area is 345 Å². The topological polar surface area (TPSA) is 219 Å². The van der Waals surface area contributed by atoms with Crippen molar-refractivity contribution in [3.05, 3.63) is 118 Å². The average molecular weight is 823 g/mol. The highest BCUT2D eigenvalue weighted by atomic mass is 16.8. The Kier molecular flexibility index (Phi) is 11.2. The summed E-state index contributed by atoms with van der Waals surface area (Å²) in [6, 6.07) is 16.4. The number of esters is 2. The Balaban J connectivity index is 1.06. The molecule has 2 aliphatic heterocycles. The molecule has 0 amide bonds. The fraction of sp³-hybridized carbons (Fsp3) is 0.326. The van der Waals surface area contributed by atoms with E-state index in [1.807, 2.05) is 18.2 Å². The SMILES string of the molecule is Cc1cc(O)c2c(c1)OC1(c3ccc(O)c(O)c3)Oc3cc(/C=C/C(=O)O[C@@H]4C[C@@H](O)[C@H](O)[C@H](OC(=O)/C=C/c5ccc(C(C)C)c(C(C)C)c5)C4)ccc3OC1(O)C2=O. The quantitative estimate of drug-likeness (QED) is 0.0647. The normalized spacial score (nSPS) is 24.6. The lowest BCUT2D eigenvalue weighted by Gasteiger charge is -2.50. The first-order valence-corrected chi connectivity index (χ1v) is 19.5. The highest BCUT2D eigenvalue weighted by Gasteiger charge is 2.70. The van der Waals surface area contributed by atoms with Gasteiger partial charge in [0, 0.05) is 30.6 Å². The third-order valence-electron chi connectivity index (χ3n) is 10.8. The summed E-state index contributed by atoms with van der Waals surface area (Å²) in [5, 5.41) is 64.3. The Morgan fingerprint density at radius 2 is 1.37 bits per heavy atom. The molecule has 3 aliphatic rings. The van der Waals surface area contributed by atoms with Gasteiger partial charge in [-0.25, -0.2) is 9.59 Å². The number of aryl methyl sites for hydroxylation is 1. The molecule has 0 spiro atoms. The molecule has 6 N–H and O–H groups in total. The maximum Gasteiger partial charge on any atom is 0.357 e. The second-order valence-corrected chi connectivity index (χ2v) is 15.9. The Bertz CT molecular complexity index is 2420. The summed E-state index contributed by atoms with van der Waals surface area (Å²) in [7, 11) is 0. The van der Waals surface area contributed by atoms with E-state index in [9.17, 15) is 45.0 Å². The molecule has 2 unspecified atom stereocenters. The van der Waals surface area contributed by atoms with Crippen LogP contribution in [0.5, 0.6) is 34.5 Å². The monoisotopic (exact) mass is 822 g/mol. The van der Waals surface area contributed by atoms with Gasteiger partial charge < -0.3 is 54.3 Å². The van der Waals surface area contributed by atoms with Crippen molar-refractivity contribution in [3.63, 3.8) is 0 Å². The zero-order valence-corrected chi connectivity index (χ0v) is 33.5. The number of hydrogen-bond acceptors (Lipinski definition) is 14. The molecule has 0 bridgehead atoms. The van der Waals surface area contributed by atoms with Gasteiger partial charge in [0.2, 0.25) is 0 Å². The zero-order chi connectivity index (χ0) is 43.3. The number of fused-ring (bicyclic) bond motifs is 3. The van der Waals surface area contributed by atoms with Crippen molar-refractivity contribution in [2.75, 3.05) is 0 Å². The molecule has 0 aromatic heterocycles. The number of carbonyl (C=O) groups is 3. The van der Waals surface area contributed by atoms with Crippen LogP contribution in [0, 0.1) is 6.92 Å². The van der Waals surface area contributed by atoms with Crippen molar-refractivity contribution in [1.29, 1.82) is 0 Å². The molecule has 6 atom stereocenters. The number of aliphatic hydroxyl groups is 3. The number of aliphatic hydroxyl groups excluding tert-OH is 2. The van der Waals surface area contributed by atoms with Crippen molar-refractivity contribution in [2.45, 2.75) is 95.3 Å². The van der Waals surface area contributed by atoms with E-state index in [1.54, 1.807) is 13.0 Å². The van der Waals surface area contributed by atoms with Crippen LogP contribution >= 0.6 is 0 Å². The first-order valence-electron chi connectivity index (χ1n) is 19.5. The van der Waals surface area contributed by atoms with E-state index >= 15 is 0 Å². The lowest BCUT2D eigenvalue weighted by Crippen LogP contribution is -2.70. The van der Waals surface area contributed by atoms with Gasteiger partial charge in [0.25, 0.3) is 5.78 Å². The van der Waals surface area contributed by atoms with Crippen molar-refractivity contribution in [2.24, 2.45) is 0 Å². The van der Waals surface area contributed by atoms with Crippen LogP contribution in [-0.2, 0) is 24.8 Å². The number of Topliss-reactive ketones (excluding diaryl/α,β-unsaturated/α-hetero) is 1. The number of benzene rings is 4. The highest BCUT2D eigenvalue weighted by molar-refractivity contribution is 6.08. The van der Waals surface area contributed by atoms with Crippen molar-refractivity contribution < 1.29 is 68.7 Å². The zero-order valence-electron chi connectivity index (χ0n) is 33.5. The smallest absolute Gasteiger partial charge is 0.357 e. The first kappa shape index (κ1) is 41.8. The standard InChI is InChI=1S/C46H46O14/c1-23(2)30-11-6-26(18-31(30)24(3)4)8-15-41(52)57-39-22-29(21-35(50)43(39)53)56-40(51)14-9-27-7-13-36-37(19-27)59-46(28-10-12-32(47)33(48)20-28)45(55,58-36)44(54)42-34(49)16-25(5)17-38(42)60-46/h6-20,23-24,29,35,39,43,47-50,53,55H,21-22H2,1-5H3/b14-9+,15-8+/t29-,35-,39-,43+,45?,46?/m1/s1. The molecule has 7 rings (SSSR count). The molecular weight excluding hydrogens is 776 g/mol. The number of phenols is 3. The van der Waals surface area contributed by atoms with Crippen LogP contribution in [0.15, 0.2) is 78.9 Å². The van der Waals surface area contributed by atoms with Crippen LogP contribution in [0.3, 0.4) is 0 Å². The van der Waals surface area contributed by atoms with E-state index < -0.39 is 71.0 Å². The maximum atomic E-state index is 14.0. The minimum absolute atomic E-state index is 0.0630. The summed E-state index contributed by atoms with van der Waals surface area (Å²) >= 11 is 0. The summed E-state index contributed by atoms with van der Waals surface area (Å²) in [5.41, 5.74) is 3.58. The van der Waals surface area contributed by atoms with Crippen LogP contribution in [-0.4, -0.2) is 78.6 Å². The van der Waals surface area contributed by atoms with Gasteiger partial charge in [0.1, 0.15) is 35.4 Å².